The number of nitrogens with one attached hydrogen (secondary N) is 1. The van der Waals surface area contributed by atoms with Gasteiger partial charge in [0.15, 0.2) is 0 Å². The Bertz CT molecular complexity index is 353. The van der Waals surface area contributed by atoms with Crippen LogP contribution in [0, 0.1) is 19.8 Å². The van der Waals surface area contributed by atoms with Gasteiger partial charge in [-0.3, -0.25) is 4.90 Å². The van der Waals surface area contributed by atoms with Crippen molar-refractivity contribution in [1.29, 1.82) is 0 Å². The highest BCUT2D eigenvalue weighted by molar-refractivity contribution is 5.20. The fraction of sp³-hybridized carbons (Fsp3) is 0.769. The maximum atomic E-state index is 5.24. The third-order valence-corrected chi connectivity index (χ3v) is 3.71. The summed E-state index contributed by atoms with van der Waals surface area (Å²) >= 11 is 0. The van der Waals surface area contributed by atoms with E-state index in [-0.39, 0.29) is 0 Å². The second kappa shape index (κ2) is 5.19. The van der Waals surface area contributed by atoms with Gasteiger partial charge in [0.2, 0.25) is 0 Å². The predicted octanol–water partition coefficient (Wildman–Crippen LogP) is 1.72. The molecule has 1 atom stereocenters. The van der Waals surface area contributed by atoms with Gasteiger partial charge in [0, 0.05) is 37.8 Å². The van der Waals surface area contributed by atoms with E-state index in [1.807, 2.05) is 13.8 Å². The van der Waals surface area contributed by atoms with Crippen LogP contribution in [0.1, 0.15) is 30.9 Å². The standard InChI is InChI=1S/C13H23N3O/c1-9(2)13-7-14-5-6-16(13)8-12-10(3)15-17-11(12)4/h9,13-14H,5-8H2,1-4H3. The summed E-state index contributed by atoms with van der Waals surface area (Å²) in [6.45, 7) is 12.8. The Morgan fingerprint density at radius 3 is 2.82 bits per heavy atom. The lowest BCUT2D eigenvalue weighted by Crippen LogP contribution is -2.53. The first-order valence-electron chi connectivity index (χ1n) is 6.46. The first-order chi connectivity index (χ1) is 8.09. The molecule has 96 valence electrons. The van der Waals surface area contributed by atoms with E-state index in [2.05, 4.69) is 29.2 Å². The minimum atomic E-state index is 0.609. The highest BCUT2D eigenvalue weighted by atomic mass is 16.5. The minimum absolute atomic E-state index is 0.609. The number of hydrogen-bond acceptors (Lipinski definition) is 4. The van der Waals surface area contributed by atoms with Gasteiger partial charge in [0.05, 0.1) is 5.69 Å². The summed E-state index contributed by atoms with van der Waals surface area (Å²) in [7, 11) is 0. The molecule has 0 amide bonds. The lowest BCUT2D eigenvalue weighted by molar-refractivity contribution is 0.116. The second-order valence-electron chi connectivity index (χ2n) is 5.29. The van der Waals surface area contributed by atoms with Crippen LogP contribution in [0.3, 0.4) is 0 Å². The molecule has 1 aromatic heterocycles. The molecule has 2 rings (SSSR count). The zero-order valence-corrected chi connectivity index (χ0v) is 11.3. The van der Waals surface area contributed by atoms with Gasteiger partial charge in [-0.25, -0.2) is 0 Å². The predicted molar refractivity (Wildman–Crippen MR) is 67.9 cm³/mol. The van der Waals surface area contributed by atoms with Gasteiger partial charge >= 0.3 is 0 Å². The molecule has 4 heteroatoms. The minimum Gasteiger partial charge on any atom is -0.361 e. The normalized spacial score (nSPS) is 22.3. The molecular formula is C13H23N3O. The third-order valence-electron chi connectivity index (χ3n) is 3.71. The van der Waals surface area contributed by atoms with E-state index in [0.717, 1.165) is 37.6 Å². The summed E-state index contributed by atoms with van der Waals surface area (Å²) in [5.74, 6) is 1.63. The molecule has 0 saturated carbocycles. The van der Waals surface area contributed by atoms with Crippen molar-refractivity contribution >= 4 is 0 Å². The molecule has 1 aliphatic rings. The number of rotatable bonds is 3. The van der Waals surface area contributed by atoms with Gasteiger partial charge < -0.3 is 9.84 Å². The number of hydrogen-bond donors (Lipinski definition) is 1. The first-order valence-corrected chi connectivity index (χ1v) is 6.46. The van der Waals surface area contributed by atoms with Crippen LogP contribution >= 0.6 is 0 Å². The highest BCUT2D eigenvalue weighted by Crippen LogP contribution is 2.20. The van der Waals surface area contributed by atoms with E-state index < -0.39 is 0 Å². The average molecular weight is 237 g/mol. The molecule has 0 spiro atoms. The summed E-state index contributed by atoms with van der Waals surface area (Å²) in [5.41, 5.74) is 2.29. The van der Waals surface area contributed by atoms with Crippen molar-refractivity contribution < 1.29 is 4.52 Å². The molecule has 2 heterocycles. The Balaban J connectivity index is 2.11. The molecule has 0 bridgehead atoms. The SMILES string of the molecule is Cc1noc(C)c1CN1CCNCC1C(C)C. The molecule has 1 N–H and O–H groups in total. The van der Waals surface area contributed by atoms with Crippen LogP contribution in [0.4, 0.5) is 0 Å². The summed E-state index contributed by atoms with van der Waals surface area (Å²) in [6.07, 6.45) is 0. The third kappa shape index (κ3) is 2.69. The fourth-order valence-electron chi connectivity index (χ4n) is 2.55. The lowest BCUT2D eigenvalue weighted by atomic mass is 9.99. The van der Waals surface area contributed by atoms with Crippen molar-refractivity contribution in [3.05, 3.63) is 17.0 Å². The molecule has 4 nitrogen and oxygen atoms in total. The van der Waals surface area contributed by atoms with E-state index in [4.69, 9.17) is 4.52 Å². The van der Waals surface area contributed by atoms with E-state index in [0.29, 0.717) is 12.0 Å². The zero-order valence-electron chi connectivity index (χ0n) is 11.3. The van der Waals surface area contributed by atoms with Crippen LogP contribution in [0.25, 0.3) is 0 Å². The molecule has 1 fully saturated rings. The Morgan fingerprint density at radius 2 is 2.24 bits per heavy atom. The van der Waals surface area contributed by atoms with Gasteiger partial charge in [0.1, 0.15) is 5.76 Å². The average Bonchev–Trinajstić information content (AvgIpc) is 2.61. The summed E-state index contributed by atoms with van der Waals surface area (Å²) in [4.78, 5) is 2.55. The summed E-state index contributed by atoms with van der Waals surface area (Å²) in [5, 5.41) is 7.51. The number of piperazine rings is 1. The fourth-order valence-corrected chi connectivity index (χ4v) is 2.55. The van der Waals surface area contributed by atoms with E-state index in [1.54, 1.807) is 0 Å². The van der Waals surface area contributed by atoms with E-state index in [9.17, 15) is 0 Å². The van der Waals surface area contributed by atoms with Crippen LogP contribution in [0.2, 0.25) is 0 Å². The summed E-state index contributed by atoms with van der Waals surface area (Å²) in [6, 6.07) is 0.609. The number of aryl methyl sites for hydroxylation is 2. The molecule has 1 unspecified atom stereocenters. The van der Waals surface area contributed by atoms with Crippen molar-refractivity contribution in [1.82, 2.24) is 15.4 Å². The van der Waals surface area contributed by atoms with Crippen LogP contribution in [-0.4, -0.2) is 35.7 Å². The smallest absolute Gasteiger partial charge is 0.138 e. The van der Waals surface area contributed by atoms with Crippen LogP contribution in [-0.2, 0) is 6.54 Å². The Morgan fingerprint density at radius 1 is 1.47 bits per heavy atom. The molecular weight excluding hydrogens is 214 g/mol. The largest absolute Gasteiger partial charge is 0.361 e. The quantitative estimate of drug-likeness (QED) is 0.869. The second-order valence-corrected chi connectivity index (χ2v) is 5.29. The van der Waals surface area contributed by atoms with Gasteiger partial charge in [-0.2, -0.15) is 0 Å². The highest BCUT2D eigenvalue weighted by Gasteiger charge is 2.26. The van der Waals surface area contributed by atoms with Crippen molar-refractivity contribution in [2.75, 3.05) is 19.6 Å². The molecule has 1 saturated heterocycles. The molecule has 1 aromatic rings. The maximum Gasteiger partial charge on any atom is 0.138 e. The number of aromatic nitrogens is 1. The topological polar surface area (TPSA) is 41.3 Å². The molecule has 0 radical (unpaired) electrons. The molecule has 0 aromatic carbocycles. The Kier molecular flexibility index (Phi) is 3.84. The van der Waals surface area contributed by atoms with Gasteiger partial charge in [-0.05, 0) is 19.8 Å². The van der Waals surface area contributed by atoms with Crippen molar-refractivity contribution in [2.45, 2.75) is 40.3 Å². The van der Waals surface area contributed by atoms with Crippen molar-refractivity contribution in [3.63, 3.8) is 0 Å². The van der Waals surface area contributed by atoms with E-state index >= 15 is 0 Å². The van der Waals surface area contributed by atoms with Crippen LogP contribution in [0.5, 0.6) is 0 Å². The summed E-state index contributed by atoms with van der Waals surface area (Å²) < 4.78 is 5.24. The van der Waals surface area contributed by atoms with Gasteiger partial charge in [-0.1, -0.05) is 19.0 Å². The maximum absolute atomic E-state index is 5.24. The van der Waals surface area contributed by atoms with Crippen LogP contribution < -0.4 is 5.32 Å². The monoisotopic (exact) mass is 237 g/mol. The zero-order chi connectivity index (χ0) is 12.4. The lowest BCUT2D eigenvalue weighted by Gasteiger charge is -2.38. The molecule has 17 heavy (non-hydrogen) atoms. The van der Waals surface area contributed by atoms with E-state index in [1.165, 1.54) is 5.56 Å². The Hall–Kier alpha value is -0.870. The molecule has 1 aliphatic heterocycles. The van der Waals surface area contributed by atoms with Crippen molar-refractivity contribution in [3.8, 4) is 0 Å². The van der Waals surface area contributed by atoms with Crippen LogP contribution in [0.15, 0.2) is 4.52 Å². The molecule has 0 aliphatic carbocycles. The van der Waals surface area contributed by atoms with Crippen molar-refractivity contribution in [2.24, 2.45) is 5.92 Å². The number of nitrogens with zero attached hydrogens (tertiary/aromatic N) is 2. The Labute approximate surface area is 103 Å². The first kappa shape index (κ1) is 12.6. The van der Waals surface area contributed by atoms with Gasteiger partial charge in [-0.15, -0.1) is 0 Å². The van der Waals surface area contributed by atoms with Gasteiger partial charge in [0.25, 0.3) is 0 Å².